The van der Waals surface area contributed by atoms with Crippen molar-refractivity contribution in [3.8, 4) is 5.75 Å². The van der Waals surface area contributed by atoms with Gasteiger partial charge in [0.1, 0.15) is 11.3 Å². The summed E-state index contributed by atoms with van der Waals surface area (Å²) >= 11 is 0. The molecule has 1 aromatic heterocycles. The zero-order valence-electron chi connectivity index (χ0n) is 16.6. The maximum Gasteiger partial charge on any atom is 0.336 e. The predicted molar refractivity (Wildman–Crippen MR) is 113 cm³/mol. The number of hydrogen-bond acceptors (Lipinski definition) is 4. The van der Waals surface area contributed by atoms with Crippen LogP contribution in [-0.2, 0) is 0 Å². The van der Waals surface area contributed by atoms with E-state index in [2.05, 4.69) is 18.5 Å². The van der Waals surface area contributed by atoms with E-state index >= 15 is 0 Å². The molecule has 0 amide bonds. The minimum Gasteiger partial charge on any atom is -0.493 e. The second-order valence-corrected chi connectivity index (χ2v) is 7.18. The first kappa shape index (κ1) is 21.2. The monoisotopic (exact) mass is 371 g/mol. The molecule has 4 nitrogen and oxygen atoms in total. The van der Waals surface area contributed by atoms with Crippen molar-refractivity contribution in [3.63, 3.8) is 0 Å². The smallest absolute Gasteiger partial charge is 0.336 e. The van der Waals surface area contributed by atoms with Crippen LogP contribution in [0.3, 0.4) is 0 Å². The van der Waals surface area contributed by atoms with Gasteiger partial charge in [0, 0.05) is 24.1 Å². The van der Waals surface area contributed by atoms with Crippen molar-refractivity contribution in [1.82, 2.24) is 4.90 Å². The van der Waals surface area contributed by atoms with Crippen molar-refractivity contribution in [2.24, 2.45) is 0 Å². The quantitative estimate of drug-likeness (QED) is 0.253. The first-order chi connectivity index (χ1) is 13.2. The highest BCUT2D eigenvalue weighted by Crippen LogP contribution is 2.19. The van der Waals surface area contributed by atoms with Crippen LogP contribution in [0.1, 0.15) is 51.4 Å². The van der Waals surface area contributed by atoms with Crippen molar-refractivity contribution in [2.45, 2.75) is 51.4 Å². The van der Waals surface area contributed by atoms with Gasteiger partial charge in [0.05, 0.1) is 6.61 Å². The molecular weight excluding hydrogens is 338 g/mol. The lowest BCUT2D eigenvalue weighted by atomic mass is 10.1. The normalized spacial score (nSPS) is 11.2. The predicted octanol–water partition coefficient (Wildman–Crippen LogP) is 5.41. The van der Waals surface area contributed by atoms with E-state index in [1.807, 2.05) is 18.2 Å². The van der Waals surface area contributed by atoms with Gasteiger partial charge in [-0.05, 0) is 44.6 Å². The molecule has 2 rings (SSSR count). The van der Waals surface area contributed by atoms with Crippen LogP contribution in [0.4, 0.5) is 0 Å². The van der Waals surface area contributed by atoms with Gasteiger partial charge in [0.25, 0.3) is 0 Å². The van der Waals surface area contributed by atoms with E-state index in [4.69, 9.17) is 9.15 Å². The Morgan fingerprint density at radius 2 is 1.67 bits per heavy atom. The molecule has 0 saturated heterocycles. The number of benzene rings is 1. The SMILES string of the molecule is C=CCN(C)CCCCCCCCCCOc1ccc2ccc(=O)oc2c1. The Kier molecular flexibility index (Phi) is 9.70. The fourth-order valence-electron chi connectivity index (χ4n) is 3.18. The van der Waals surface area contributed by atoms with Crippen LogP contribution < -0.4 is 10.4 Å². The van der Waals surface area contributed by atoms with Crippen molar-refractivity contribution >= 4 is 11.0 Å². The van der Waals surface area contributed by atoms with Gasteiger partial charge in [0.2, 0.25) is 0 Å². The van der Waals surface area contributed by atoms with Gasteiger partial charge < -0.3 is 14.1 Å². The van der Waals surface area contributed by atoms with E-state index in [1.165, 1.54) is 57.6 Å². The summed E-state index contributed by atoms with van der Waals surface area (Å²) in [6, 6.07) is 8.84. The average Bonchev–Trinajstić information content (AvgIpc) is 2.66. The van der Waals surface area contributed by atoms with Gasteiger partial charge in [-0.3, -0.25) is 0 Å². The summed E-state index contributed by atoms with van der Waals surface area (Å²) in [5, 5.41) is 0.911. The van der Waals surface area contributed by atoms with Crippen LogP contribution in [0.15, 0.2) is 52.2 Å². The number of nitrogens with zero attached hydrogens (tertiary/aromatic N) is 1. The lowest BCUT2D eigenvalue weighted by Crippen LogP contribution is -2.19. The summed E-state index contributed by atoms with van der Waals surface area (Å²) in [5.41, 5.74) is 0.249. The summed E-state index contributed by atoms with van der Waals surface area (Å²) < 4.78 is 11.0. The molecule has 4 heteroatoms. The lowest BCUT2D eigenvalue weighted by molar-refractivity contribution is 0.304. The Balaban J connectivity index is 1.48. The number of fused-ring (bicyclic) bond motifs is 1. The minimum absolute atomic E-state index is 0.330. The number of likely N-dealkylation sites (N-methyl/N-ethyl adjacent to an activating group) is 1. The Labute approximate surface area is 162 Å². The average molecular weight is 372 g/mol. The molecule has 0 atom stereocenters. The van der Waals surface area contributed by atoms with Gasteiger partial charge in [-0.2, -0.15) is 0 Å². The molecule has 0 saturated carbocycles. The first-order valence-corrected chi connectivity index (χ1v) is 10.2. The van der Waals surface area contributed by atoms with E-state index in [-0.39, 0.29) is 5.63 Å². The maximum absolute atomic E-state index is 11.3. The van der Waals surface area contributed by atoms with Crippen molar-refractivity contribution in [1.29, 1.82) is 0 Å². The molecule has 0 N–H and O–H groups in total. The van der Waals surface area contributed by atoms with Crippen LogP contribution in [0.5, 0.6) is 5.75 Å². The second-order valence-electron chi connectivity index (χ2n) is 7.18. The number of ether oxygens (including phenoxy) is 1. The van der Waals surface area contributed by atoms with Crippen molar-refractivity contribution in [3.05, 3.63) is 53.4 Å². The topological polar surface area (TPSA) is 42.7 Å². The molecule has 0 fully saturated rings. The highest BCUT2D eigenvalue weighted by atomic mass is 16.5. The maximum atomic E-state index is 11.3. The molecule has 0 unspecified atom stereocenters. The van der Waals surface area contributed by atoms with Gasteiger partial charge in [-0.15, -0.1) is 6.58 Å². The number of unbranched alkanes of at least 4 members (excludes halogenated alkanes) is 7. The Morgan fingerprint density at radius 1 is 1.00 bits per heavy atom. The molecule has 2 aromatic rings. The number of hydrogen-bond donors (Lipinski definition) is 0. The summed E-state index contributed by atoms with van der Waals surface area (Å²) in [5.74, 6) is 0.762. The first-order valence-electron chi connectivity index (χ1n) is 10.2. The minimum atomic E-state index is -0.330. The van der Waals surface area contributed by atoms with Gasteiger partial charge >= 0.3 is 5.63 Å². The second kappa shape index (κ2) is 12.3. The largest absolute Gasteiger partial charge is 0.493 e. The van der Waals surface area contributed by atoms with Crippen molar-refractivity contribution in [2.75, 3.05) is 26.7 Å². The molecular formula is C23H33NO3. The fraction of sp³-hybridized carbons (Fsp3) is 0.522. The van der Waals surface area contributed by atoms with Crippen LogP contribution in [0, 0.1) is 0 Å². The van der Waals surface area contributed by atoms with Crippen molar-refractivity contribution < 1.29 is 9.15 Å². The van der Waals surface area contributed by atoms with E-state index < -0.39 is 0 Å². The molecule has 0 radical (unpaired) electrons. The van der Waals surface area contributed by atoms with Gasteiger partial charge in [-0.1, -0.05) is 44.6 Å². The van der Waals surface area contributed by atoms with Crippen LogP contribution in [0.25, 0.3) is 11.0 Å². The highest BCUT2D eigenvalue weighted by molar-refractivity contribution is 5.77. The van der Waals surface area contributed by atoms with Crippen LogP contribution in [-0.4, -0.2) is 31.6 Å². The summed E-state index contributed by atoms with van der Waals surface area (Å²) in [6.07, 6.45) is 12.1. The third-order valence-electron chi connectivity index (χ3n) is 4.74. The third kappa shape index (κ3) is 8.44. The molecule has 0 bridgehead atoms. The molecule has 0 aliphatic carbocycles. The molecule has 0 aliphatic rings. The summed E-state index contributed by atoms with van der Waals surface area (Å²) in [7, 11) is 2.15. The van der Waals surface area contributed by atoms with E-state index in [1.54, 1.807) is 12.1 Å². The van der Waals surface area contributed by atoms with E-state index in [0.717, 1.165) is 24.1 Å². The van der Waals surface area contributed by atoms with E-state index in [0.29, 0.717) is 12.2 Å². The molecule has 1 heterocycles. The van der Waals surface area contributed by atoms with Crippen LogP contribution >= 0.6 is 0 Å². The van der Waals surface area contributed by atoms with Crippen LogP contribution in [0.2, 0.25) is 0 Å². The van der Waals surface area contributed by atoms with Gasteiger partial charge in [-0.25, -0.2) is 4.79 Å². The zero-order valence-corrected chi connectivity index (χ0v) is 16.6. The third-order valence-corrected chi connectivity index (χ3v) is 4.74. The molecule has 148 valence electrons. The van der Waals surface area contributed by atoms with Gasteiger partial charge in [0.15, 0.2) is 0 Å². The Bertz CT molecular complexity index is 738. The summed E-state index contributed by atoms with van der Waals surface area (Å²) in [4.78, 5) is 13.6. The molecule has 0 aliphatic heterocycles. The summed E-state index contributed by atoms with van der Waals surface area (Å²) in [6.45, 7) is 6.62. The highest BCUT2D eigenvalue weighted by Gasteiger charge is 2.01. The molecule has 1 aromatic carbocycles. The lowest BCUT2D eigenvalue weighted by Gasteiger charge is -2.13. The standard InChI is InChI=1S/C23H33NO3/c1-3-16-24(2)17-10-8-6-4-5-7-9-11-18-26-21-14-12-20-13-15-23(25)27-22(20)19-21/h3,12-15,19H,1,4-11,16-18H2,2H3. The molecule has 0 spiro atoms. The fourth-order valence-corrected chi connectivity index (χ4v) is 3.18. The number of rotatable bonds is 14. The Hall–Kier alpha value is -2.07. The zero-order chi connectivity index (χ0) is 19.3. The van der Waals surface area contributed by atoms with E-state index in [9.17, 15) is 4.79 Å². The Morgan fingerprint density at radius 3 is 2.41 bits per heavy atom. The molecule has 27 heavy (non-hydrogen) atoms.